The van der Waals surface area contributed by atoms with Crippen LogP contribution in [0.25, 0.3) is 11.2 Å². The van der Waals surface area contributed by atoms with Crippen molar-refractivity contribution < 1.29 is 5.11 Å². The summed E-state index contributed by atoms with van der Waals surface area (Å²) in [5.41, 5.74) is 7.20. The number of aliphatic hydroxyl groups is 1. The van der Waals surface area contributed by atoms with E-state index in [0.29, 0.717) is 29.2 Å². The van der Waals surface area contributed by atoms with E-state index in [1.165, 1.54) is 6.33 Å². The summed E-state index contributed by atoms with van der Waals surface area (Å²) in [6, 6.07) is 0.314. The summed E-state index contributed by atoms with van der Waals surface area (Å²) in [6.07, 6.45) is 4.98. The minimum atomic E-state index is -0.165. The average Bonchev–Trinajstić information content (AvgIpc) is 2.89. The van der Waals surface area contributed by atoms with Crippen molar-refractivity contribution in [3.05, 3.63) is 12.7 Å². The fraction of sp³-hybridized carbons (Fsp3) is 0.545. The number of rotatable bonds is 1. The molecule has 17 heavy (non-hydrogen) atoms. The normalized spacial score (nSPS) is 35.1. The number of hydrogen-bond acceptors (Lipinski definition) is 5. The molecule has 2 heterocycles. The first-order valence-corrected chi connectivity index (χ1v) is 5.87. The lowest BCUT2D eigenvalue weighted by Gasteiger charge is -2.15. The first-order chi connectivity index (χ1) is 8.25. The molecule has 2 aliphatic rings. The number of fused-ring (bicyclic) bond motifs is 2. The summed E-state index contributed by atoms with van der Waals surface area (Å²) in [5.74, 6) is 1.48. The summed E-state index contributed by atoms with van der Waals surface area (Å²) in [6.45, 7) is 0. The van der Waals surface area contributed by atoms with Crippen LogP contribution in [0.2, 0.25) is 0 Å². The van der Waals surface area contributed by atoms with Crippen molar-refractivity contribution in [1.29, 1.82) is 0 Å². The lowest BCUT2D eigenvalue weighted by atomic mass is 10.1. The predicted octanol–water partition coefficient (Wildman–Crippen LogP) is 0.350. The number of imidazole rings is 1. The average molecular weight is 231 g/mol. The minimum absolute atomic E-state index is 0.165. The Morgan fingerprint density at radius 1 is 1.24 bits per heavy atom. The van der Waals surface area contributed by atoms with Gasteiger partial charge < -0.3 is 15.4 Å². The molecule has 0 bridgehead atoms. The van der Waals surface area contributed by atoms with Crippen LogP contribution < -0.4 is 5.73 Å². The molecule has 0 spiro atoms. The maximum absolute atomic E-state index is 9.84. The Bertz CT molecular complexity index is 595. The van der Waals surface area contributed by atoms with Gasteiger partial charge in [0.15, 0.2) is 11.5 Å². The highest BCUT2D eigenvalue weighted by Gasteiger charge is 2.54. The number of nitrogen functional groups attached to an aromatic ring is 1. The smallest absolute Gasteiger partial charge is 0.165 e. The Labute approximate surface area is 97.5 Å². The number of hydrogen-bond donors (Lipinski definition) is 2. The Balaban J connectivity index is 1.84. The third-order valence-corrected chi connectivity index (χ3v) is 4.11. The van der Waals surface area contributed by atoms with Gasteiger partial charge in [-0.3, -0.25) is 0 Å². The minimum Gasteiger partial charge on any atom is -0.393 e. The van der Waals surface area contributed by atoms with E-state index in [2.05, 4.69) is 15.0 Å². The van der Waals surface area contributed by atoms with Crippen molar-refractivity contribution in [2.45, 2.75) is 25.0 Å². The molecule has 4 unspecified atom stereocenters. The monoisotopic (exact) mass is 231 g/mol. The Hall–Kier alpha value is -1.69. The van der Waals surface area contributed by atoms with Gasteiger partial charge in [-0.25, -0.2) is 15.0 Å². The van der Waals surface area contributed by atoms with Gasteiger partial charge in [-0.15, -0.1) is 0 Å². The van der Waals surface area contributed by atoms with Crippen LogP contribution in [0.3, 0.4) is 0 Å². The third-order valence-electron chi connectivity index (χ3n) is 4.11. The molecular weight excluding hydrogens is 218 g/mol. The molecule has 0 saturated heterocycles. The van der Waals surface area contributed by atoms with E-state index in [9.17, 15) is 5.11 Å². The van der Waals surface area contributed by atoms with Gasteiger partial charge in [-0.2, -0.15) is 0 Å². The lowest BCUT2D eigenvalue weighted by molar-refractivity contribution is 0.152. The molecule has 2 fully saturated rings. The van der Waals surface area contributed by atoms with Crippen LogP contribution >= 0.6 is 0 Å². The molecule has 4 atom stereocenters. The van der Waals surface area contributed by atoms with Crippen LogP contribution in [0.1, 0.15) is 18.9 Å². The van der Waals surface area contributed by atoms with E-state index >= 15 is 0 Å². The highest BCUT2D eigenvalue weighted by Crippen LogP contribution is 2.57. The van der Waals surface area contributed by atoms with Gasteiger partial charge in [0.1, 0.15) is 11.8 Å². The van der Waals surface area contributed by atoms with Gasteiger partial charge in [0, 0.05) is 6.04 Å². The van der Waals surface area contributed by atoms with Gasteiger partial charge in [0.05, 0.1) is 12.4 Å². The molecule has 0 amide bonds. The molecule has 4 rings (SSSR count). The fourth-order valence-electron chi connectivity index (χ4n) is 3.15. The molecule has 3 N–H and O–H groups in total. The zero-order chi connectivity index (χ0) is 11.6. The molecule has 2 aliphatic carbocycles. The van der Waals surface area contributed by atoms with Crippen molar-refractivity contribution in [3.8, 4) is 0 Å². The van der Waals surface area contributed by atoms with Gasteiger partial charge >= 0.3 is 0 Å². The highest BCUT2D eigenvalue weighted by molar-refractivity contribution is 5.81. The quantitative estimate of drug-likeness (QED) is 0.739. The molecule has 0 radical (unpaired) electrons. The van der Waals surface area contributed by atoms with Gasteiger partial charge in [0.2, 0.25) is 0 Å². The topological polar surface area (TPSA) is 89.9 Å². The van der Waals surface area contributed by atoms with Crippen molar-refractivity contribution >= 4 is 17.0 Å². The van der Waals surface area contributed by atoms with Gasteiger partial charge in [-0.1, -0.05) is 0 Å². The van der Waals surface area contributed by atoms with Crippen LogP contribution in [0.15, 0.2) is 12.7 Å². The number of aliphatic hydroxyl groups excluding tert-OH is 1. The standard InChI is InChI=1S/C11H13N5O/c12-10-9-11(14-3-13-10)16(4-15-9)7-2-8(17)6-1-5(6)7/h3-8,17H,1-2H2,(H2,12,13,14). The van der Waals surface area contributed by atoms with E-state index < -0.39 is 0 Å². The van der Waals surface area contributed by atoms with E-state index in [-0.39, 0.29) is 6.10 Å². The molecule has 88 valence electrons. The van der Waals surface area contributed by atoms with Gasteiger partial charge in [-0.05, 0) is 24.7 Å². The van der Waals surface area contributed by atoms with Gasteiger partial charge in [0.25, 0.3) is 0 Å². The Kier molecular flexibility index (Phi) is 1.62. The molecule has 2 aromatic rings. The second-order valence-corrected chi connectivity index (χ2v) is 5.02. The summed E-state index contributed by atoms with van der Waals surface area (Å²) < 4.78 is 2.05. The largest absolute Gasteiger partial charge is 0.393 e. The van der Waals surface area contributed by atoms with Crippen molar-refractivity contribution in [3.63, 3.8) is 0 Å². The second-order valence-electron chi connectivity index (χ2n) is 5.02. The first-order valence-electron chi connectivity index (χ1n) is 5.87. The molecule has 0 aromatic carbocycles. The maximum Gasteiger partial charge on any atom is 0.165 e. The number of nitrogens with two attached hydrogens (primary N) is 1. The number of nitrogens with zero attached hydrogens (tertiary/aromatic N) is 4. The summed E-state index contributed by atoms with van der Waals surface area (Å²) >= 11 is 0. The molecule has 2 aromatic heterocycles. The molecule has 2 saturated carbocycles. The van der Waals surface area contributed by atoms with Crippen LogP contribution in [0.4, 0.5) is 5.82 Å². The second kappa shape index (κ2) is 2.95. The predicted molar refractivity (Wildman–Crippen MR) is 61.0 cm³/mol. The Morgan fingerprint density at radius 2 is 2.12 bits per heavy atom. The van der Waals surface area contributed by atoms with E-state index in [1.54, 1.807) is 6.33 Å². The van der Waals surface area contributed by atoms with E-state index in [1.807, 2.05) is 4.57 Å². The SMILES string of the molecule is Nc1ncnc2c1ncn2C1CC(O)C2CC21. The molecule has 6 heteroatoms. The van der Waals surface area contributed by atoms with Crippen molar-refractivity contribution in [2.24, 2.45) is 11.8 Å². The van der Waals surface area contributed by atoms with E-state index in [0.717, 1.165) is 18.5 Å². The number of anilines is 1. The zero-order valence-corrected chi connectivity index (χ0v) is 9.19. The molecule has 6 nitrogen and oxygen atoms in total. The highest BCUT2D eigenvalue weighted by atomic mass is 16.3. The maximum atomic E-state index is 9.84. The van der Waals surface area contributed by atoms with Crippen molar-refractivity contribution in [1.82, 2.24) is 19.5 Å². The van der Waals surface area contributed by atoms with E-state index in [4.69, 9.17) is 5.73 Å². The van der Waals surface area contributed by atoms with Crippen LogP contribution in [-0.2, 0) is 0 Å². The lowest BCUT2D eigenvalue weighted by Crippen LogP contribution is -2.12. The third kappa shape index (κ3) is 1.16. The summed E-state index contributed by atoms with van der Waals surface area (Å²) in [7, 11) is 0. The molecule has 0 aliphatic heterocycles. The fourth-order valence-corrected chi connectivity index (χ4v) is 3.15. The Morgan fingerprint density at radius 3 is 2.82 bits per heavy atom. The first kappa shape index (κ1) is 9.35. The van der Waals surface area contributed by atoms with Crippen LogP contribution in [0, 0.1) is 11.8 Å². The molecular formula is C11H13N5O. The van der Waals surface area contributed by atoms with Crippen LogP contribution in [-0.4, -0.2) is 30.7 Å². The number of aromatic nitrogens is 4. The zero-order valence-electron chi connectivity index (χ0n) is 9.19. The summed E-state index contributed by atoms with van der Waals surface area (Å²) in [5, 5.41) is 9.84. The van der Waals surface area contributed by atoms with Crippen molar-refractivity contribution in [2.75, 3.05) is 5.73 Å². The van der Waals surface area contributed by atoms with Crippen LogP contribution in [0.5, 0.6) is 0 Å². The summed E-state index contributed by atoms with van der Waals surface area (Å²) in [4.78, 5) is 12.5.